The van der Waals surface area contributed by atoms with Crippen LogP contribution in [0.1, 0.15) is 49.9 Å². The van der Waals surface area contributed by atoms with Gasteiger partial charge in [-0.05, 0) is 87.2 Å². The number of hydrogen-bond acceptors (Lipinski definition) is 2. The predicted octanol–water partition coefficient (Wildman–Crippen LogP) is 10.4. The Morgan fingerprint density at radius 1 is 0.353 bits per heavy atom. The van der Waals surface area contributed by atoms with Crippen LogP contribution < -0.4 is 26.2 Å². The van der Waals surface area contributed by atoms with Gasteiger partial charge in [-0.25, -0.2) is 0 Å². The van der Waals surface area contributed by atoms with Crippen molar-refractivity contribution in [3.63, 3.8) is 0 Å². The number of hydrogen-bond donors (Lipinski definition) is 0. The second kappa shape index (κ2) is 11.9. The van der Waals surface area contributed by atoms with Gasteiger partial charge in [0, 0.05) is 45.0 Å². The molecule has 2 nitrogen and oxygen atoms in total. The number of anilines is 6. The van der Waals surface area contributed by atoms with Gasteiger partial charge < -0.3 is 9.80 Å². The fourth-order valence-electron chi connectivity index (χ4n) is 8.47. The van der Waals surface area contributed by atoms with E-state index in [4.69, 9.17) is 0 Å². The molecule has 0 saturated carbocycles. The Labute approximate surface area is 302 Å². The standard InChI is InChI=1S/C48H41BN2/c1-47(2,34-18-9-5-10-19-34)36-28-30-42-40(32-36)49-41-33-37(48(3,4)35-20-11-6-12-21-35)29-31-43(41)51(39-24-15-8-16-25-39)45-27-17-26-44(46(45)49)50(42)38-22-13-7-14-23-38/h5-33H,1-4H3. The van der Waals surface area contributed by atoms with Gasteiger partial charge in [0.25, 0.3) is 6.71 Å². The van der Waals surface area contributed by atoms with Crippen molar-refractivity contribution in [2.24, 2.45) is 0 Å². The third-order valence-electron chi connectivity index (χ3n) is 11.5. The predicted molar refractivity (Wildman–Crippen MR) is 218 cm³/mol. The largest absolute Gasteiger partial charge is 0.311 e. The summed E-state index contributed by atoms with van der Waals surface area (Å²) in [6, 6.07) is 64.9. The minimum absolute atomic E-state index is 0.0409. The SMILES string of the molecule is CC(C)(c1ccccc1)c1ccc2c(c1)B1c3cc(C(C)(C)c4ccccc4)ccc3N(c3ccccc3)c3cccc(c31)N2c1ccccc1. The molecule has 9 rings (SSSR count). The Kier molecular flexibility index (Phi) is 7.29. The summed E-state index contributed by atoms with van der Waals surface area (Å²) in [4.78, 5) is 4.96. The Hall–Kier alpha value is -5.80. The van der Waals surface area contributed by atoms with Gasteiger partial charge in [0.05, 0.1) is 0 Å². The Morgan fingerprint density at radius 2 is 0.725 bits per heavy atom. The van der Waals surface area contributed by atoms with Gasteiger partial charge in [0.15, 0.2) is 0 Å². The molecule has 0 N–H and O–H groups in total. The van der Waals surface area contributed by atoms with E-state index in [2.05, 4.69) is 213 Å². The highest BCUT2D eigenvalue weighted by Gasteiger charge is 2.44. The normalized spacial score (nSPS) is 13.4. The third kappa shape index (κ3) is 4.94. The van der Waals surface area contributed by atoms with Crippen LogP contribution in [0.2, 0.25) is 0 Å². The lowest BCUT2D eigenvalue weighted by Crippen LogP contribution is -2.61. The zero-order valence-electron chi connectivity index (χ0n) is 29.7. The van der Waals surface area contributed by atoms with Gasteiger partial charge in [0.1, 0.15) is 0 Å². The third-order valence-corrected chi connectivity index (χ3v) is 11.5. The van der Waals surface area contributed by atoms with Crippen LogP contribution in [0.5, 0.6) is 0 Å². The van der Waals surface area contributed by atoms with Crippen molar-refractivity contribution in [2.75, 3.05) is 9.80 Å². The maximum Gasteiger partial charge on any atom is 0.252 e. The maximum absolute atomic E-state index is 2.51. The van der Waals surface area contributed by atoms with Gasteiger partial charge >= 0.3 is 0 Å². The summed E-state index contributed by atoms with van der Waals surface area (Å²) in [6.07, 6.45) is 0. The van der Waals surface area contributed by atoms with Crippen molar-refractivity contribution in [3.8, 4) is 0 Å². The van der Waals surface area contributed by atoms with Gasteiger partial charge in [-0.2, -0.15) is 0 Å². The van der Waals surface area contributed by atoms with Crippen molar-refractivity contribution in [1.29, 1.82) is 0 Å². The summed E-state index contributed by atoms with van der Waals surface area (Å²) < 4.78 is 0. The molecule has 51 heavy (non-hydrogen) atoms. The van der Waals surface area contributed by atoms with Crippen LogP contribution in [0, 0.1) is 0 Å². The smallest absolute Gasteiger partial charge is 0.252 e. The Balaban J connectivity index is 1.35. The average Bonchev–Trinajstić information content (AvgIpc) is 3.18. The first-order valence-corrected chi connectivity index (χ1v) is 18.1. The maximum atomic E-state index is 2.51. The van der Waals surface area contributed by atoms with E-state index in [0.717, 1.165) is 11.4 Å². The van der Waals surface area contributed by atoms with E-state index < -0.39 is 0 Å². The first kappa shape index (κ1) is 31.2. The first-order valence-electron chi connectivity index (χ1n) is 18.1. The van der Waals surface area contributed by atoms with Gasteiger partial charge in [-0.1, -0.05) is 155 Å². The Bertz CT molecular complexity index is 2200. The zero-order chi connectivity index (χ0) is 34.7. The molecule has 3 heteroatoms. The topological polar surface area (TPSA) is 6.48 Å². The molecule has 0 aromatic heterocycles. The van der Waals surface area contributed by atoms with E-state index in [9.17, 15) is 0 Å². The molecule has 0 fully saturated rings. The van der Waals surface area contributed by atoms with Gasteiger partial charge in [0.2, 0.25) is 0 Å². The highest BCUT2D eigenvalue weighted by molar-refractivity contribution is 7.00. The van der Waals surface area contributed by atoms with Gasteiger partial charge in [-0.3, -0.25) is 0 Å². The quantitative estimate of drug-likeness (QED) is 0.164. The molecule has 2 aliphatic rings. The monoisotopic (exact) mass is 656 g/mol. The molecule has 0 radical (unpaired) electrons. The molecule has 7 aromatic rings. The van der Waals surface area contributed by atoms with E-state index in [1.807, 2.05) is 0 Å². The summed E-state index contributed by atoms with van der Waals surface area (Å²) in [6.45, 7) is 9.46. The molecule has 0 aliphatic carbocycles. The summed E-state index contributed by atoms with van der Waals surface area (Å²) >= 11 is 0. The molecule has 0 spiro atoms. The van der Waals surface area contributed by atoms with Crippen LogP contribution in [-0.2, 0) is 10.8 Å². The van der Waals surface area contributed by atoms with Crippen LogP contribution >= 0.6 is 0 Å². The number of fused-ring (bicyclic) bond motifs is 4. The van der Waals surface area contributed by atoms with E-state index in [1.54, 1.807) is 0 Å². The molecule has 0 saturated heterocycles. The molecule has 7 aromatic carbocycles. The van der Waals surface area contributed by atoms with Crippen molar-refractivity contribution in [3.05, 3.63) is 198 Å². The fourth-order valence-corrected chi connectivity index (χ4v) is 8.47. The van der Waals surface area contributed by atoms with Crippen LogP contribution in [0.25, 0.3) is 0 Å². The minimum Gasteiger partial charge on any atom is -0.311 e. The second-order valence-electron chi connectivity index (χ2n) is 15.0. The van der Waals surface area contributed by atoms with E-state index in [1.165, 1.54) is 61.4 Å². The molecule has 0 atom stereocenters. The molecular formula is C48H41BN2. The van der Waals surface area contributed by atoms with Crippen molar-refractivity contribution < 1.29 is 0 Å². The minimum atomic E-state index is -0.182. The summed E-state index contributed by atoms with van der Waals surface area (Å²) in [5.74, 6) is 0. The Morgan fingerprint density at radius 3 is 1.12 bits per heavy atom. The van der Waals surface area contributed by atoms with Crippen molar-refractivity contribution in [2.45, 2.75) is 38.5 Å². The molecule has 0 unspecified atom stereocenters. The van der Waals surface area contributed by atoms with Gasteiger partial charge in [-0.15, -0.1) is 0 Å². The molecular weight excluding hydrogens is 615 g/mol. The molecule has 0 amide bonds. The van der Waals surface area contributed by atoms with E-state index in [0.29, 0.717) is 0 Å². The number of nitrogens with zero attached hydrogens (tertiary/aromatic N) is 2. The molecule has 2 aliphatic heterocycles. The van der Waals surface area contributed by atoms with E-state index in [-0.39, 0.29) is 17.5 Å². The fraction of sp³-hybridized carbons (Fsp3) is 0.125. The highest BCUT2D eigenvalue weighted by Crippen LogP contribution is 2.45. The van der Waals surface area contributed by atoms with Crippen molar-refractivity contribution in [1.82, 2.24) is 0 Å². The lowest BCUT2D eigenvalue weighted by molar-refractivity contribution is 0.641. The van der Waals surface area contributed by atoms with E-state index >= 15 is 0 Å². The first-order chi connectivity index (χ1) is 24.8. The molecule has 0 bridgehead atoms. The van der Waals surface area contributed by atoms with Crippen LogP contribution in [-0.4, -0.2) is 6.71 Å². The molecule has 2 heterocycles. The summed E-state index contributed by atoms with van der Waals surface area (Å²) in [7, 11) is 0. The lowest BCUT2D eigenvalue weighted by Gasteiger charge is -2.45. The number of benzene rings is 7. The zero-order valence-corrected chi connectivity index (χ0v) is 29.7. The second-order valence-corrected chi connectivity index (χ2v) is 15.0. The van der Waals surface area contributed by atoms with Crippen molar-refractivity contribution >= 4 is 57.2 Å². The number of para-hydroxylation sites is 2. The average molecular weight is 657 g/mol. The molecule has 246 valence electrons. The lowest BCUT2D eigenvalue weighted by atomic mass is 9.33. The summed E-state index contributed by atoms with van der Waals surface area (Å²) in [5, 5.41) is 0. The van der Waals surface area contributed by atoms with Crippen LogP contribution in [0.4, 0.5) is 34.1 Å². The summed E-state index contributed by atoms with van der Waals surface area (Å²) in [5.41, 5.74) is 16.2. The highest BCUT2D eigenvalue weighted by atomic mass is 15.2. The number of rotatable bonds is 6. The van der Waals surface area contributed by atoms with Crippen LogP contribution in [0.15, 0.2) is 176 Å². The van der Waals surface area contributed by atoms with Crippen LogP contribution in [0.3, 0.4) is 0 Å².